The first kappa shape index (κ1) is 43.4. The number of fused-ring (bicyclic) bond motifs is 10. The summed E-state index contributed by atoms with van der Waals surface area (Å²) < 4.78 is 12.3. The van der Waals surface area contributed by atoms with Crippen LogP contribution in [-0.2, 0) is 0 Å². The van der Waals surface area contributed by atoms with Gasteiger partial charge in [-0.2, -0.15) is 0 Å². The normalized spacial score (nSPS) is 12.0. The van der Waals surface area contributed by atoms with Gasteiger partial charge in [-0.05, 0) is 28.8 Å². The summed E-state index contributed by atoms with van der Waals surface area (Å²) in [7, 11) is 43.5. The number of nitrogens with zero attached hydrogens (tertiary/aromatic N) is 3. The number of rotatable bonds is 3. The zero-order valence-corrected chi connectivity index (χ0v) is 42.3. The molecule has 0 amide bonds. The fourth-order valence-corrected chi connectivity index (χ4v) is 12.9. The summed E-state index contributed by atoms with van der Waals surface area (Å²) in [5, 5.41) is 6.21. The van der Waals surface area contributed by atoms with Gasteiger partial charge in [0, 0.05) is 37.4 Å². The smallest absolute Gasteiger partial charge is 0.144 e. The second kappa shape index (κ2) is 14.7. The number of hydrogen-bond acceptors (Lipinski definition) is 4. The third-order valence-electron chi connectivity index (χ3n) is 17.0. The van der Waals surface area contributed by atoms with Crippen LogP contribution in [0, 0.1) is 0 Å². The van der Waals surface area contributed by atoms with Crippen molar-refractivity contribution in [3.63, 3.8) is 0 Å². The zero-order chi connectivity index (χ0) is 46.0. The molecule has 0 atom stereocenters. The minimum absolute atomic E-state index is 1.00. The lowest BCUT2D eigenvalue weighted by molar-refractivity contribution is 0.676. The van der Waals surface area contributed by atoms with Crippen molar-refractivity contribution in [3.05, 3.63) is 24.5 Å². The van der Waals surface area contributed by atoms with E-state index in [4.69, 9.17) is 14.4 Å². The third kappa shape index (κ3) is 5.50. The second-order valence-electron chi connectivity index (χ2n) is 19.5. The first-order valence-electron chi connectivity index (χ1n) is 22.9. The van der Waals surface area contributed by atoms with Crippen molar-refractivity contribution in [1.82, 2.24) is 14.5 Å². The van der Waals surface area contributed by atoms with Gasteiger partial charge in [0.1, 0.15) is 167 Å². The lowest BCUT2D eigenvalue weighted by Gasteiger charge is -2.25. The van der Waals surface area contributed by atoms with Gasteiger partial charge < -0.3 is 8.98 Å². The van der Waals surface area contributed by atoms with Crippen LogP contribution in [0.3, 0.4) is 0 Å². The SMILES string of the molecule is Bc1c(B)c(B)c(-c2ccc3sc4c(-c5c(B)c(B)c(B)c(-n6c7c(B)c(B)c(B)c(B)c7c7c8oc9c(B)c(B)c(B)c(B)c9c8c(B)c(B)c76)c5B)ncnc4c3c2)c(B)c1B. The first-order chi connectivity index (χ1) is 30.2. The van der Waals surface area contributed by atoms with Crippen LogP contribution in [0.5, 0.6) is 0 Å². The molecule has 4 heterocycles. The van der Waals surface area contributed by atoms with E-state index < -0.39 is 0 Å². The highest BCUT2D eigenvalue weighted by Gasteiger charge is 2.30. The molecule has 0 unspecified atom stereocenters. The molecule has 0 saturated heterocycles. The van der Waals surface area contributed by atoms with E-state index >= 15 is 0 Å². The number of benzene rings is 6. The summed E-state index contributed by atoms with van der Waals surface area (Å²) >= 11 is 1.82. The minimum Gasteiger partial charge on any atom is -0.456 e. The molecule has 64 heavy (non-hydrogen) atoms. The molecule has 0 aliphatic carbocycles. The lowest BCUT2D eigenvalue weighted by atomic mass is 9.59. The number of aromatic nitrogens is 3. The predicted octanol–water partition coefficient (Wildman–Crippen LogP) is -21.9. The molecule has 286 valence electrons. The summed E-state index contributed by atoms with van der Waals surface area (Å²) in [6.45, 7) is 0. The lowest BCUT2D eigenvalue weighted by Crippen LogP contribution is -2.55. The molecular formula is C40H42B19N3OS. The number of hydrogen-bond donors (Lipinski definition) is 0. The van der Waals surface area contributed by atoms with Gasteiger partial charge in [0.15, 0.2) is 0 Å². The van der Waals surface area contributed by atoms with E-state index in [1.165, 1.54) is 169 Å². The zero-order valence-electron chi connectivity index (χ0n) is 41.5. The Morgan fingerprint density at radius 3 is 1.56 bits per heavy atom. The second-order valence-corrected chi connectivity index (χ2v) is 20.5. The van der Waals surface area contributed by atoms with Gasteiger partial charge in [-0.1, -0.05) is 82.5 Å². The summed E-state index contributed by atoms with van der Waals surface area (Å²) in [4.78, 5) is 10.3. The Balaban J connectivity index is 1.33. The molecule has 24 heteroatoms. The fraction of sp³-hybridized carbons (Fsp3) is 0. The molecule has 0 N–H and O–H groups in total. The molecule has 0 aliphatic heterocycles. The molecule has 0 saturated carbocycles. The minimum atomic E-state index is 1.00. The molecular weight excluding hydrogens is 776 g/mol. The molecule has 10 aromatic rings. The van der Waals surface area contributed by atoms with Gasteiger partial charge in [-0.25, -0.2) is 9.97 Å². The number of furan rings is 1. The van der Waals surface area contributed by atoms with E-state index in [2.05, 4.69) is 172 Å². The monoisotopic (exact) mass is 821 g/mol. The quantitative estimate of drug-likeness (QED) is 0.167. The molecule has 0 radical (unpaired) electrons. The Hall–Kier alpha value is -4.55. The maximum atomic E-state index is 7.28. The summed E-state index contributed by atoms with van der Waals surface area (Å²) in [6.07, 6.45) is 1.79. The van der Waals surface area contributed by atoms with E-state index in [0.29, 0.717) is 0 Å². The van der Waals surface area contributed by atoms with Crippen LogP contribution in [0.4, 0.5) is 0 Å². The molecule has 0 spiro atoms. The Labute approximate surface area is 397 Å². The molecule has 0 fully saturated rings. The van der Waals surface area contributed by atoms with Crippen molar-refractivity contribution in [3.8, 4) is 28.1 Å². The highest BCUT2D eigenvalue weighted by Crippen LogP contribution is 2.40. The highest BCUT2D eigenvalue weighted by atomic mass is 32.1. The van der Waals surface area contributed by atoms with Crippen LogP contribution in [0.15, 0.2) is 28.9 Å². The van der Waals surface area contributed by atoms with Gasteiger partial charge >= 0.3 is 0 Å². The van der Waals surface area contributed by atoms with Crippen molar-refractivity contribution < 1.29 is 4.42 Å². The Kier molecular flexibility index (Phi) is 9.98. The summed E-state index contributed by atoms with van der Waals surface area (Å²) in [5.41, 5.74) is 36.5. The first-order valence-corrected chi connectivity index (χ1v) is 23.8. The Bertz CT molecular complexity index is 3830. The standard InChI is InChI=1S/C40H42B19N3OS/c41-14-8(15(42)22(49)26(53)21(14)48)5-1-2-7-6(3-5)33-40(64-7)34(61-4-60-33)13-19(46)25(52)31(58)37(20(13)47)62-35-9(16(43)23(50)27(54)30(35)57)12-36(62)29(56)18(45)10-11-17(44)24(51)28(55)32(59)39(11)63-38(10)12/h1-4H,41-59H2. The van der Waals surface area contributed by atoms with Gasteiger partial charge in [-0.15, -0.1) is 38.7 Å². The van der Waals surface area contributed by atoms with Crippen LogP contribution < -0.4 is 104 Å². The molecule has 4 aromatic heterocycles. The van der Waals surface area contributed by atoms with Crippen molar-refractivity contribution >= 4 is 328 Å². The van der Waals surface area contributed by atoms with E-state index in [-0.39, 0.29) is 0 Å². The van der Waals surface area contributed by atoms with Crippen LogP contribution in [-0.4, -0.2) is 164 Å². The maximum absolute atomic E-state index is 7.28. The van der Waals surface area contributed by atoms with Crippen LogP contribution >= 0.6 is 11.3 Å². The fourth-order valence-electron chi connectivity index (χ4n) is 11.8. The molecule has 4 nitrogen and oxygen atoms in total. The Morgan fingerprint density at radius 2 is 0.906 bits per heavy atom. The van der Waals surface area contributed by atoms with Gasteiger partial charge in [0.05, 0.1) is 26.8 Å². The Morgan fingerprint density at radius 1 is 0.422 bits per heavy atom. The molecule has 0 aliphatic rings. The van der Waals surface area contributed by atoms with Crippen LogP contribution in [0.1, 0.15) is 0 Å². The average Bonchev–Trinajstić information content (AvgIpc) is 3.97. The highest BCUT2D eigenvalue weighted by molar-refractivity contribution is 7.26. The van der Waals surface area contributed by atoms with Crippen LogP contribution in [0.2, 0.25) is 0 Å². The van der Waals surface area contributed by atoms with Crippen LogP contribution in [0.25, 0.3) is 92.1 Å². The van der Waals surface area contributed by atoms with E-state index in [9.17, 15) is 0 Å². The summed E-state index contributed by atoms with van der Waals surface area (Å²) in [6, 6.07) is 6.99. The van der Waals surface area contributed by atoms with Crippen molar-refractivity contribution in [2.45, 2.75) is 0 Å². The van der Waals surface area contributed by atoms with Gasteiger partial charge in [0.2, 0.25) is 0 Å². The third-order valence-corrected chi connectivity index (χ3v) is 18.2. The van der Waals surface area contributed by atoms with Crippen molar-refractivity contribution in [1.29, 1.82) is 0 Å². The average molecular weight is 818 g/mol. The predicted molar refractivity (Wildman–Crippen MR) is 343 cm³/mol. The van der Waals surface area contributed by atoms with Crippen molar-refractivity contribution in [2.75, 3.05) is 0 Å². The topological polar surface area (TPSA) is 43.9 Å². The van der Waals surface area contributed by atoms with E-state index in [1.54, 1.807) is 6.33 Å². The van der Waals surface area contributed by atoms with Gasteiger partial charge in [0.25, 0.3) is 0 Å². The van der Waals surface area contributed by atoms with Gasteiger partial charge in [-0.3, -0.25) is 0 Å². The largest absolute Gasteiger partial charge is 0.456 e. The molecule has 10 rings (SSSR count). The maximum Gasteiger partial charge on any atom is 0.144 e. The van der Waals surface area contributed by atoms with Crippen molar-refractivity contribution in [2.24, 2.45) is 0 Å². The van der Waals surface area contributed by atoms with E-state index in [0.717, 1.165) is 27.1 Å². The number of thiophene rings is 1. The molecule has 0 bridgehead atoms. The molecule has 6 aromatic carbocycles. The van der Waals surface area contributed by atoms with E-state index in [1.807, 2.05) is 11.3 Å². The summed E-state index contributed by atoms with van der Waals surface area (Å²) in [5.74, 6) is 0.